The van der Waals surface area contributed by atoms with Gasteiger partial charge in [-0.2, -0.15) is 0 Å². The van der Waals surface area contributed by atoms with Gasteiger partial charge >= 0.3 is 0 Å². The highest BCUT2D eigenvalue weighted by Gasteiger charge is 2.22. The van der Waals surface area contributed by atoms with Gasteiger partial charge in [-0.3, -0.25) is 5.32 Å². The number of aliphatic hydroxyl groups excluding tert-OH is 1. The number of aliphatic hydroxyl groups is 1. The number of likely N-dealkylation sites (tertiary alicyclic amines) is 1. The number of alkyl halides is 2. The van der Waals surface area contributed by atoms with E-state index in [1.807, 2.05) is 0 Å². The largest absolute Gasteiger partial charge is 0.379 e. The first-order valence-electron chi connectivity index (χ1n) is 6.38. The fourth-order valence-electron chi connectivity index (χ4n) is 2.19. The van der Waals surface area contributed by atoms with Crippen molar-refractivity contribution in [2.75, 3.05) is 26.2 Å². The first kappa shape index (κ1) is 14.8. The molecule has 0 aromatic rings. The third-order valence-electron chi connectivity index (χ3n) is 3.11. The molecule has 0 spiro atoms. The van der Waals surface area contributed by atoms with Crippen LogP contribution in [0.4, 0.5) is 8.78 Å². The summed E-state index contributed by atoms with van der Waals surface area (Å²) >= 11 is 0. The maximum atomic E-state index is 12.5. The molecule has 0 amide bonds. The second-order valence-corrected chi connectivity index (χ2v) is 5.30. The zero-order valence-corrected chi connectivity index (χ0v) is 10.8. The SMILES string of the molecule is C[C@H]1CCCN(CC[C@H](O)NCC(C)(F)F)C1. The highest BCUT2D eigenvalue weighted by atomic mass is 19.3. The van der Waals surface area contributed by atoms with Gasteiger partial charge in [0.15, 0.2) is 0 Å². The lowest BCUT2D eigenvalue weighted by Gasteiger charge is -2.31. The van der Waals surface area contributed by atoms with Crippen LogP contribution in [0.2, 0.25) is 0 Å². The molecule has 17 heavy (non-hydrogen) atoms. The maximum Gasteiger partial charge on any atom is 0.257 e. The Morgan fingerprint density at radius 3 is 2.82 bits per heavy atom. The van der Waals surface area contributed by atoms with Crippen molar-refractivity contribution in [1.82, 2.24) is 10.2 Å². The quantitative estimate of drug-likeness (QED) is 0.704. The molecule has 1 rings (SSSR count). The molecule has 0 aromatic heterocycles. The molecule has 0 radical (unpaired) electrons. The van der Waals surface area contributed by atoms with Crippen LogP contribution in [-0.2, 0) is 0 Å². The minimum Gasteiger partial charge on any atom is -0.379 e. The van der Waals surface area contributed by atoms with E-state index in [2.05, 4.69) is 17.1 Å². The molecule has 0 bridgehead atoms. The van der Waals surface area contributed by atoms with Crippen molar-refractivity contribution in [2.24, 2.45) is 5.92 Å². The summed E-state index contributed by atoms with van der Waals surface area (Å²) in [6.45, 7) is 5.48. The van der Waals surface area contributed by atoms with Gasteiger partial charge in [-0.1, -0.05) is 6.92 Å². The van der Waals surface area contributed by atoms with Crippen molar-refractivity contribution in [3.8, 4) is 0 Å². The van der Waals surface area contributed by atoms with Gasteiger partial charge in [-0.05, 0) is 31.7 Å². The lowest BCUT2D eigenvalue weighted by Crippen LogP contribution is -2.41. The Kier molecular flexibility index (Phi) is 5.76. The van der Waals surface area contributed by atoms with E-state index in [0.717, 1.165) is 26.6 Å². The van der Waals surface area contributed by atoms with Gasteiger partial charge in [-0.15, -0.1) is 0 Å². The van der Waals surface area contributed by atoms with E-state index >= 15 is 0 Å². The lowest BCUT2D eigenvalue weighted by atomic mass is 10.0. The fourth-order valence-corrected chi connectivity index (χ4v) is 2.19. The van der Waals surface area contributed by atoms with E-state index in [0.29, 0.717) is 12.3 Å². The van der Waals surface area contributed by atoms with Crippen LogP contribution < -0.4 is 5.32 Å². The van der Waals surface area contributed by atoms with Gasteiger partial charge in [0, 0.05) is 20.0 Å². The highest BCUT2D eigenvalue weighted by molar-refractivity contribution is 4.71. The second-order valence-electron chi connectivity index (χ2n) is 5.30. The summed E-state index contributed by atoms with van der Waals surface area (Å²) in [5.74, 6) is -2.06. The summed E-state index contributed by atoms with van der Waals surface area (Å²) in [6.07, 6.45) is 2.12. The topological polar surface area (TPSA) is 35.5 Å². The monoisotopic (exact) mass is 250 g/mol. The summed E-state index contributed by atoms with van der Waals surface area (Å²) < 4.78 is 25.1. The zero-order chi connectivity index (χ0) is 12.9. The summed E-state index contributed by atoms with van der Waals surface area (Å²) in [6, 6.07) is 0. The third kappa shape index (κ3) is 6.91. The Labute approximate surface area is 102 Å². The van der Waals surface area contributed by atoms with Crippen LogP contribution in [-0.4, -0.2) is 48.3 Å². The summed E-state index contributed by atoms with van der Waals surface area (Å²) in [7, 11) is 0. The van der Waals surface area contributed by atoms with E-state index in [4.69, 9.17) is 0 Å². The molecule has 1 saturated heterocycles. The number of nitrogens with one attached hydrogen (secondary N) is 1. The number of hydrogen-bond donors (Lipinski definition) is 2. The number of piperidine rings is 1. The molecule has 1 aliphatic heterocycles. The van der Waals surface area contributed by atoms with Gasteiger partial charge in [-0.25, -0.2) is 8.78 Å². The first-order chi connectivity index (χ1) is 7.87. The molecule has 0 unspecified atom stereocenters. The summed E-state index contributed by atoms with van der Waals surface area (Å²) in [5, 5.41) is 12.0. The van der Waals surface area contributed by atoms with Crippen LogP contribution in [0.5, 0.6) is 0 Å². The Balaban J connectivity index is 2.12. The van der Waals surface area contributed by atoms with Gasteiger partial charge in [0.2, 0.25) is 0 Å². The summed E-state index contributed by atoms with van der Waals surface area (Å²) in [4.78, 5) is 2.29. The minimum atomic E-state index is -2.76. The molecular formula is C12H24F2N2O. The molecule has 0 saturated carbocycles. The van der Waals surface area contributed by atoms with Gasteiger partial charge < -0.3 is 10.0 Å². The van der Waals surface area contributed by atoms with E-state index in [9.17, 15) is 13.9 Å². The van der Waals surface area contributed by atoms with Crippen molar-refractivity contribution in [3.05, 3.63) is 0 Å². The minimum absolute atomic E-state index is 0.468. The predicted octanol–water partition coefficient (Wildman–Crippen LogP) is 1.67. The van der Waals surface area contributed by atoms with Crippen molar-refractivity contribution >= 4 is 0 Å². The van der Waals surface area contributed by atoms with E-state index in [-0.39, 0.29) is 0 Å². The normalized spacial score (nSPS) is 24.9. The van der Waals surface area contributed by atoms with Crippen LogP contribution in [0.15, 0.2) is 0 Å². The fraction of sp³-hybridized carbons (Fsp3) is 1.00. The number of nitrogens with zero attached hydrogens (tertiary/aromatic N) is 1. The summed E-state index contributed by atoms with van der Waals surface area (Å²) in [5.41, 5.74) is 0. The van der Waals surface area contributed by atoms with E-state index < -0.39 is 18.7 Å². The highest BCUT2D eigenvalue weighted by Crippen LogP contribution is 2.15. The van der Waals surface area contributed by atoms with Crippen LogP contribution in [0.1, 0.15) is 33.1 Å². The maximum absolute atomic E-state index is 12.5. The Morgan fingerprint density at radius 1 is 1.53 bits per heavy atom. The first-order valence-corrected chi connectivity index (χ1v) is 6.38. The van der Waals surface area contributed by atoms with Crippen LogP contribution in [0.25, 0.3) is 0 Å². The average Bonchev–Trinajstić information content (AvgIpc) is 2.23. The molecule has 1 heterocycles. The van der Waals surface area contributed by atoms with E-state index in [1.54, 1.807) is 0 Å². The van der Waals surface area contributed by atoms with Crippen LogP contribution in [0, 0.1) is 5.92 Å². The molecule has 0 aliphatic carbocycles. The van der Waals surface area contributed by atoms with E-state index in [1.165, 1.54) is 12.8 Å². The molecule has 2 N–H and O–H groups in total. The second kappa shape index (κ2) is 6.61. The average molecular weight is 250 g/mol. The number of hydrogen-bond acceptors (Lipinski definition) is 3. The molecule has 1 fully saturated rings. The molecule has 0 aromatic carbocycles. The Morgan fingerprint density at radius 2 is 2.24 bits per heavy atom. The van der Waals surface area contributed by atoms with Crippen LogP contribution >= 0.6 is 0 Å². The van der Waals surface area contributed by atoms with Gasteiger partial charge in [0.1, 0.15) is 6.23 Å². The third-order valence-corrected chi connectivity index (χ3v) is 3.11. The zero-order valence-electron chi connectivity index (χ0n) is 10.8. The molecular weight excluding hydrogens is 226 g/mol. The Hall–Kier alpha value is -0.260. The predicted molar refractivity (Wildman–Crippen MR) is 64.1 cm³/mol. The van der Waals surface area contributed by atoms with Gasteiger partial charge in [0.05, 0.1) is 6.54 Å². The molecule has 5 heteroatoms. The van der Waals surface area contributed by atoms with Crippen molar-refractivity contribution in [3.63, 3.8) is 0 Å². The number of rotatable bonds is 6. The molecule has 1 aliphatic rings. The molecule has 102 valence electrons. The molecule has 3 nitrogen and oxygen atoms in total. The number of halogens is 2. The standard InChI is InChI=1S/C12H24F2N2O/c1-10-4-3-6-16(8-10)7-5-11(17)15-9-12(2,13)14/h10-11,15,17H,3-9H2,1-2H3/t10-,11-/m0/s1. The smallest absolute Gasteiger partial charge is 0.257 e. The van der Waals surface area contributed by atoms with Crippen molar-refractivity contribution in [1.29, 1.82) is 0 Å². The van der Waals surface area contributed by atoms with Gasteiger partial charge in [0.25, 0.3) is 5.92 Å². The Bertz CT molecular complexity index is 221. The van der Waals surface area contributed by atoms with Crippen molar-refractivity contribution < 1.29 is 13.9 Å². The van der Waals surface area contributed by atoms with Crippen molar-refractivity contribution in [2.45, 2.75) is 45.3 Å². The molecule has 2 atom stereocenters. The van der Waals surface area contributed by atoms with Crippen LogP contribution in [0.3, 0.4) is 0 Å². The lowest BCUT2D eigenvalue weighted by molar-refractivity contribution is 0.000383.